The number of fused-ring (bicyclic) bond motifs is 1. The van der Waals surface area contributed by atoms with Crippen LogP contribution in [0.25, 0.3) is 11.0 Å². The Morgan fingerprint density at radius 3 is 2.33 bits per heavy atom. The van der Waals surface area contributed by atoms with Gasteiger partial charge in [0.1, 0.15) is 0 Å². The van der Waals surface area contributed by atoms with Gasteiger partial charge in [0, 0.05) is 26.2 Å². The minimum absolute atomic E-state index is 0.0500. The number of unbranched alkanes of at least 4 members (excludes halogenated alkanes) is 1. The van der Waals surface area contributed by atoms with Gasteiger partial charge in [-0.2, -0.15) is 0 Å². The molecule has 1 N–H and O–H groups in total. The van der Waals surface area contributed by atoms with Gasteiger partial charge in [-0.05, 0) is 24.6 Å². The predicted octanol–water partition coefficient (Wildman–Crippen LogP) is 1.37. The molecule has 2 aromatic rings. The van der Waals surface area contributed by atoms with Crippen molar-refractivity contribution in [1.82, 2.24) is 9.13 Å². The lowest BCUT2D eigenvalue weighted by Gasteiger charge is -2.11. The van der Waals surface area contributed by atoms with E-state index in [9.17, 15) is 14.4 Å². The number of amides is 1. The second-order valence-electron chi connectivity index (χ2n) is 5.08. The van der Waals surface area contributed by atoms with Crippen LogP contribution in [0.2, 0.25) is 0 Å². The number of aromatic nitrogens is 2. The van der Waals surface area contributed by atoms with Gasteiger partial charge in [0.05, 0.1) is 11.0 Å². The molecule has 0 aliphatic rings. The van der Waals surface area contributed by atoms with Crippen molar-refractivity contribution in [3.8, 4) is 0 Å². The molecule has 6 heteroatoms. The van der Waals surface area contributed by atoms with Crippen LogP contribution in [0.15, 0.2) is 27.8 Å². The van der Waals surface area contributed by atoms with E-state index in [4.69, 9.17) is 0 Å². The zero-order valence-electron chi connectivity index (χ0n) is 12.5. The molecule has 0 fully saturated rings. The van der Waals surface area contributed by atoms with Crippen molar-refractivity contribution in [2.24, 2.45) is 14.1 Å². The zero-order chi connectivity index (χ0) is 15.6. The van der Waals surface area contributed by atoms with Crippen molar-refractivity contribution >= 4 is 22.6 Å². The minimum Gasteiger partial charge on any atom is -0.326 e. The average Bonchev–Trinajstić information content (AvgIpc) is 2.48. The summed E-state index contributed by atoms with van der Waals surface area (Å²) in [5.74, 6) is -0.0500. The molecule has 1 aromatic heterocycles. The third kappa shape index (κ3) is 2.89. The number of aryl methyl sites for hydroxylation is 2. The van der Waals surface area contributed by atoms with Crippen LogP contribution in [-0.2, 0) is 18.9 Å². The molecule has 112 valence electrons. The Kier molecular flexibility index (Phi) is 4.26. The van der Waals surface area contributed by atoms with Gasteiger partial charge in [-0.3, -0.25) is 14.4 Å². The fourth-order valence-corrected chi connectivity index (χ4v) is 2.22. The molecule has 0 atom stereocenters. The molecule has 0 aliphatic heterocycles. The number of nitrogens with one attached hydrogen (secondary N) is 1. The molecule has 0 spiro atoms. The SMILES string of the molecule is CCCCC(=O)Nc1ccc2c(c1)n(C)c(=O)c(=O)n2C. The summed E-state index contributed by atoms with van der Waals surface area (Å²) >= 11 is 0. The molecule has 1 amide bonds. The Bertz CT molecular complexity index is 802. The average molecular weight is 289 g/mol. The normalized spacial score (nSPS) is 10.8. The fourth-order valence-electron chi connectivity index (χ4n) is 2.22. The first-order valence-electron chi connectivity index (χ1n) is 6.95. The molecule has 6 nitrogen and oxygen atoms in total. The molecular formula is C15H19N3O3. The van der Waals surface area contributed by atoms with Crippen molar-refractivity contribution in [3.05, 3.63) is 38.9 Å². The highest BCUT2D eigenvalue weighted by atomic mass is 16.2. The van der Waals surface area contributed by atoms with Gasteiger partial charge < -0.3 is 14.5 Å². The van der Waals surface area contributed by atoms with Gasteiger partial charge >= 0.3 is 11.1 Å². The van der Waals surface area contributed by atoms with Crippen molar-refractivity contribution in [2.75, 3.05) is 5.32 Å². The molecular weight excluding hydrogens is 270 g/mol. The van der Waals surface area contributed by atoms with E-state index >= 15 is 0 Å². The van der Waals surface area contributed by atoms with Gasteiger partial charge in [0.2, 0.25) is 5.91 Å². The highest BCUT2D eigenvalue weighted by molar-refractivity contribution is 5.93. The van der Waals surface area contributed by atoms with Crippen molar-refractivity contribution in [3.63, 3.8) is 0 Å². The molecule has 21 heavy (non-hydrogen) atoms. The predicted molar refractivity (Wildman–Crippen MR) is 82.6 cm³/mol. The molecule has 0 bridgehead atoms. The maximum Gasteiger partial charge on any atom is 0.316 e. The minimum atomic E-state index is -0.584. The molecule has 0 saturated carbocycles. The lowest BCUT2D eigenvalue weighted by molar-refractivity contribution is -0.116. The number of anilines is 1. The maximum absolute atomic E-state index is 11.8. The standard InChI is InChI=1S/C15H19N3O3/c1-4-5-6-13(19)16-10-7-8-11-12(9-10)18(3)15(21)14(20)17(11)2/h7-9H,4-6H2,1-3H3,(H,16,19). The van der Waals surface area contributed by atoms with Gasteiger partial charge in [0.25, 0.3) is 0 Å². The molecule has 0 unspecified atom stereocenters. The first-order valence-corrected chi connectivity index (χ1v) is 6.95. The molecule has 2 rings (SSSR count). The Hall–Kier alpha value is -2.37. The van der Waals surface area contributed by atoms with Crippen molar-refractivity contribution in [1.29, 1.82) is 0 Å². The molecule has 0 saturated heterocycles. The van der Waals surface area contributed by atoms with Crippen LogP contribution in [0.5, 0.6) is 0 Å². The lowest BCUT2D eigenvalue weighted by Crippen LogP contribution is -2.39. The quantitative estimate of drug-likeness (QED) is 0.864. The van der Waals surface area contributed by atoms with E-state index in [1.807, 2.05) is 6.92 Å². The first-order chi connectivity index (χ1) is 9.95. The summed E-state index contributed by atoms with van der Waals surface area (Å²) in [5.41, 5.74) is 0.727. The van der Waals surface area contributed by atoms with E-state index in [1.165, 1.54) is 9.13 Å². The van der Waals surface area contributed by atoms with Crippen molar-refractivity contribution < 1.29 is 4.79 Å². The number of hydrogen-bond acceptors (Lipinski definition) is 3. The van der Waals surface area contributed by atoms with Crippen LogP contribution in [0.3, 0.4) is 0 Å². The Morgan fingerprint density at radius 1 is 1.10 bits per heavy atom. The third-order valence-corrected chi connectivity index (χ3v) is 3.53. The van der Waals surface area contributed by atoms with Crippen LogP contribution in [-0.4, -0.2) is 15.0 Å². The van der Waals surface area contributed by atoms with E-state index in [0.717, 1.165) is 12.8 Å². The molecule has 0 radical (unpaired) electrons. The summed E-state index contributed by atoms with van der Waals surface area (Å²) in [4.78, 5) is 35.3. The molecule has 0 aliphatic carbocycles. The number of carbonyl (C=O) groups excluding carboxylic acids is 1. The third-order valence-electron chi connectivity index (χ3n) is 3.53. The number of hydrogen-bond donors (Lipinski definition) is 1. The number of rotatable bonds is 4. The lowest BCUT2D eigenvalue weighted by atomic mass is 10.2. The van der Waals surface area contributed by atoms with E-state index in [-0.39, 0.29) is 5.91 Å². The van der Waals surface area contributed by atoms with Gasteiger partial charge in [-0.15, -0.1) is 0 Å². The first kappa shape index (κ1) is 15.0. The summed E-state index contributed by atoms with van der Waals surface area (Å²) in [5, 5.41) is 2.81. The highest BCUT2D eigenvalue weighted by Crippen LogP contribution is 2.16. The molecule has 1 heterocycles. The summed E-state index contributed by atoms with van der Waals surface area (Å²) in [6.07, 6.45) is 2.27. The van der Waals surface area contributed by atoms with E-state index < -0.39 is 11.1 Å². The summed E-state index contributed by atoms with van der Waals surface area (Å²) in [6.45, 7) is 2.03. The number of nitrogens with zero attached hydrogens (tertiary/aromatic N) is 2. The van der Waals surface area contributed by atoms with Crippen LogP contribution < -0.4 is 16.4 Å². The van der Waals surface area contributed by atoms with E-state index in [0.29, 0.717) is 23.1 Å². The Balaban J connectivity index is 2.45. The number of benzene rings is 1. The number of carbonyl (C=O) groups is 1. The van der Waals surface area contributed by atoms with Crippen LogP contribution >= 0.6 is 0 Å². The largest absolute Gasteiger partial charge is 0.326 e. The summed E-state index contributed by atoms with van der Waals surface area (Å²) in [6, 6.07) is 5.17. The Morgan fingerprint density at radius 2 is 1.71 bits per heavy atom. The topological polar surface area (TPSA) is 73.1 Å². The van der Waals surface area contributed by atoms with Crippen LogP contribution in [0, 0.1) is 0 Å². The fraction of sp³-hybridized carbons (Fsp3) is 0.400. The van der Waals surface area contributed by atoms with E-state index in [2.05, 4.69) is 5.32 Å². The van der Waals surface area contributed by atoms with Gasteiger partial charge in [0.15, 0.2) is 0 Å². The molecule has 1 aromatic carbocycles. The van der Waals surface area contributed by atoms with Crippen LogP contribution in [0.1, 0.15) is 26.2 Å². The van der Waals surface area contributed by atoms with Crippen LogP contribution in [0.4, 0.5) is 5.69 Å². The monoisotopic (exact) mass is 289 g/mol. The van der Waals surface area contributed by atoms with E-state index in [1.54, 1.807) is 32.3 Å². The van der Waals surface area contributed by atoms with Crippen molar-refractivity contribution in [2.45, 2.75) is 26.2 Å². The maximum atomic E-state index is 11.8. The van der Waals surface area contributed by atoms with Gasteiger partial charge in [-0.25, -0.2) is 0 Å². The van der Waals surface area contributed by atoms with Gasteiger partial charge in [-0.1, -0.05) is 13.3 Å². The second kappa shape index (κ2) is 5.95. The highest BCUT2D eigenvalue weighted by Gasteiger charge is 2.09. The summed E-state index contributed by atoms with van der Waals surface area (Å²) < 4.78 is 2.62. The summed E-state index contributed by atoms with van der Waals surface area (Å²) in [7, 11) is 3.11. The zero-order valence-corrected chi connectivity index (χ0v) is 12.5. The second-order valence-corrected chi connectivity index (χ2v) is 5.08. The Labute approximate surface area is 122 Å². The smallest absolute Gasteiger partial charge is 0.316 e.